The van der Waals surface area contributed by atoms with Gasteiger partial charge in [-0.2, -0.15) is 0 Å². The molecule has 4 nitrogen and oxygen atoms in total. The molecule has 3 saturated carbocycles. The van der Waals surface area contributed by atoms with Gasteiger partial charge < -0.3 is 15.3 Å². The SMILES string of the molecule is C=C1[C@@H](O)[C@@H]2[C@H]3[C@H](CC[C@@]2(C)O)[C@@H](C)CC(=O)[C@@]13O. The van der Waals surface area contributed by atoms with Gasteiger partial charge in [-0.3, -0.25) is 4.79 Å². The molecule has 0 heterocycles. The first-order chi connectivity index (χ1) is 8.71. The highest BCUT2D eigenvalue weighted by Gasteiger charge is 2.69. The first-order valence-corrected chi connectivity index (χ1v) is 7.06. The van der Waals surface area contributed by atoms with Crippen molar-refractivity contribution in [1.29, 1.82) is 0 Å². The van der Waals surface area contributed by atoms with Crippen LogP contribution >= 0.6 is 0 Å². The maximum atomic E-state index is 12.3. The Hall–Kier alpha value is -0.710. The van der Waals surface area contributed by atoms with Crippen LogP contribution < -0.4 is 0 Å². The van der Waals surface area contributed by atoms with E-state index in [4.69, 9.17) is 0 Å². The standard InChI is InChI=1S/C15H22O4/c1-7-6-10(16)15(19)8(2)13(17)12-11(15)9(7)4-5-14(12,3)18/h7,9,11-13,17-19H,2,4-6H2,1,3H3/t7-,9+,11+,12-,13+,14+,15-/m0/s1. The van der Waals surface area contributed by atoms with Gasteiger partial charge in [-0.25, -0.2) is 0 Å². The summed E-state index contributed by atoms with van der Waals surface area (Å²) in [5, 5.41) is 31.8. The van der Waals surface area contributed by atoms with E-state index < -0.39 is 29.1 Å². The molecule has 0 unspecified atom stereocenters. The molecule has 106 valence electrons. The molecule has 0 saturated heterocycles. The maximum absolute atomic E-state index is 12.3. The van der Waals surface area contributed by atoms with Crippen LogP contribution in [0.5, 0.6) is 0 Å². The summed E-state index contributed by atoms with van der Waals surface area (Å²) in [7, 11) is 0. The van der Waals surface area contributed by atoms with E-state index in [1.165, 1.54) is 0 Å². The molecule has 0 amide bonds. The van der Waals surface area contributed by atoms with E-state index in [-0.39, 0.29) is 23.2 Å². The summed E-state index contributed by atoms with van der Waals surface area (Å²) in [6.07, 6.45) is 0.711. The van der Waals surface area contributed by atoms with Crippen molar-refractivity contribution in [3.63, 3.8) is 0 Å². The lowest BCUT2D eigenvalue weighted by Crippen LogP contribution is -2.59. The van der Waals surface area contributed by atoms with Crippen molar-refractivity contribution < 1.29 is 20.1 Å². The highest BCUT2D eigenvalue weighted by Crippen LogP contribution is 2.61. The Morgan fingerprint density at radius 2 is 1.95 bits per heavy atom. The Morgan fingerprint density at radius 3 is 2.58 bits per heavy atom. The third-order valence-electron chi connectivity index (χ3n) is 5.88. The number of aliphatic hydroxyl groups excluding tert-OH is 1. The number of hydrogen-bond donors (Lipinski definition) is 3. The van der Waals surface area contributed by atoms with Crippen LogP contribution in [0.3, 0.4) is 0 Å². The van der Waals surface area contributed by atoms with Gasteiger partial charge in [-0.05, 0) is 37.2 Å². The van der Waals surface area contributed by atoms with E-state index in [0.717, 1.165) is 6.42 Å². The Morgan fingerprint density at radius 1 is 1.32 bits per heavy atom. The minimum absolute atomic E-state index is 0.168. The van der Waals surface area contributed by atoms with Gasteiger partial charge in [0.05, 0.1) is 11.7 Å². The number of ketones is 1. The van der Waals surface area contributed by atoms with E-state index in [2.05, 4.69) is 6.58 Å². The molecule has 3 fully saturated rings. The molecule has 0 bridgehead atoms. The summed E-state index contributed by atoms with van der Waals surface area (Å²) in [6, 6.07) is 0. The molecule has 0 spiro atoms. The van der Waals surface area contributed by atoms with Crippen molar-refractivity contribution in [3.05, 3.63) is 12.2 Å². The van der Waals surface area contributed by atoms with Crippen LogP contribution in [0.4, 0.5) is 0 Å². The van der Waals surface area contributed by atoms with Crippen LogP contribution in [0.15, 0.2) is 12.2 Å². The van der Waals surface area contributed by atoms with Gasteiger partial charge in [0.15, 0.2) is 5.78 Å². The smallest absolute Gasteiger partial charge is 0.169 e. The van der Waals surface area contributed by atoms with Gasteiger partial charge in [-0.15, -0.1) is 0 Å². The van der Waals surface area contributed by atoms with Gasteiger partial charge in [0, 0.05) is 18.3 Å². The van der Waals surface area contributed by atoms with Gasteiger partial charge in [0.25, 0.3) is 0 Å². The van der Waals surface area contributed by atoms with Gasteiger partial charge in [-0.1, -0.05) is 13.5 Å². The average Bonchev–Trinajstić information content (AvgIpc) is 2.52. The Balaban J connectivity index is 2.15. The fraction of sp³-hybridized carbons (Fsp3) is 0.800. The first kappa shape index (κ1) is 13.3. The van der Waals surface area contributed by atoms with E-state index in [0.29, 0.717) is 12.8 Å². The number of carbonyl (C=O) groups is 1. The van der Waals surface area contributed by atoms with Crippen molar-refractivity contribution >= 4 is 5.78 Å². The third kappa shape index (κ3) is 1.42. The zero-order valence-electron chi connectivity index (χ0n) is 11.5. The van der Waals surface area contributed by atoms with Crippen LogP contribution in [0, 0.1) is 23.7 Å². The van der Waals surface area contributed by atoms with E-state index in [9.17, 15) is 20.1 Å². The summed E-state index contributed by atoms with van der Waals surface area (Å²) >= 11 is 0. The molecule has 0 aliphatic heterocycles. The maximum Gasteiger partial charge on any atom is 0.169 e. The fourth-order valence-corrected chi connectivity index (χ4v) is 4.82. The topological polar surface area (TPSA) is 77.8 Å². The molecule has 3 N–H and O–H groups in total. The predicted molar refractivity (Wildman–Crippen MR) is 69.2 cm³/mol. The summed E-state index contributed by atoms with van der Waals surface area (Å²) in [6.45, 7) is 7.48. The first-order valence-electron chi connectivity index (χ1n) is 7.06. The highest BCUT2D eigenvalue weighted by atomic mass is 16.3. The lowest BCUT2D eigenvalue weighted by atomic mass is 9.55. The fourth-order valence-electron chi connectivity index (χ4n) is 4.82. The number of hydrogen-bond acceptors (Lipinski definition) is 4. The third-order valence-corrected chi connectivity index (χ3v) is 5.88. The summed E-state index contributed by atoms with van der Waals surface area (Å²) in [5.74, 6) is -0.771. The number of carbonyl (C=O) groups excluding carboxylic acids is 1. The summed E-state index contributed by atoms with van der Waals surface area (Å²) < 4.78 is 0. The quantitative estimate of drug-likeness (QED) is 0.563. The zero-order valence-corrected chi connectivity index (χ0v) is 11.5. The van der Waals surface area contributed by atoms with E-state index >= 15 is 0 Å². The number of aliphatic hydroxyl groups is 3. The lowest BCUT2D eigenvalue weighted by molar-refractivity contribution is -0.169. The molecule has 7 atom stereocenters. The molecule has 0 aromatic carbocycles. The molecule has 19 heavy (non-hydrogen) atoms. The predicted octanol–water partition coefficient (Wildman–Crippen LogP) is 0.650. The number of rotatable bonds is 0. The second kappa shape index (κ2) is 3.68. The molecular formula is C15H22O4. The van der Waals surface area contributed by atoms with Crippen LogP contribution in [-0.4, -0.2) is 38.4 Å². The average molecular weight is 266 g/mol. The second-order valence-corrected chi connectivity index (χ2v) is 6.95. The molecule has 3 aliphatic rings. The largest absolute Gasteiger partial charge is 0.390 e. The summed E-state index contributed by atoms with van der Waals surface area (Å²) in [5.41, 5.74) is -2.50. The van der Waals surface area contributed by atoms with Gasteiger partial charge in [0.2, 0.25) is 0 Å². The molecular weight excluding hydrogens is 244 g/mol. The van der Waals surface area contributed by atoms with Crippen LogP contribution in [-0.2, 0) is 4.79 Å². The second-order valence-electron chi connectivity index (χ2n) is 6.95. The molecule has 0 aromatic rings. The minimum atomic E-state index is -1.63. The van der Waals surface area contributed by atoms with E-state index in [1.807, 2.05) is 6.92 Å². The molecule has 0 aromatic heterocycles. The van der Waals surface area contributed by atoms with Crippen LogP contribution in [0.1, 0.15) is 33.1 Å². The van der Waals surface area contributed by atoms with Gasteiger partial charge in [0.1, 0.15) is 5.60 Å². The summed E-state index contributed by atoms with van der Waals surface area (Å²) in [4.78, 5) is 12.3. The van der Waals surface area contributed by atoms with Crippen LogP contribution in [0.2, 0.25) is 0 Å². The molecule has 4 heteroatoms. The monoisotopic (exact) mass is 266 g/mol. The van der Waals surface area contributed by atoms with Gasteiger partial charge >= 0.3 is 0 Å². The Labute approximate surface area is 113 Å². The van der Waals surface area contributed by atoms with Crippen LogP contribution in [0.25, 0.3) is 0 Å². The molecule has 0 radical (unpaired) electrons. The molecule has 3 rings (SSSR count). The number of Topliss-reactive ketones (excluding diaryl/α,β-unsaturated/α-hetero) is 1. The van der Waals surface area contributed by atoms with Crippen molar-refractivity contribution in [1.82, 2.24) is 0 Å². The Bertz CT molecular complexity index is 455. The minimum Gasteiger partial charge on any atom is -0.390 e. The van der Waals surface area contributed by atoms with Crippen molar-refractivity contribution in [2.75, 3.05) is 0 Å². The Kier molecular flexibility index (Phi) is 2.58. The van der Waals surface area contributed by atoms with Crippen molar-refractivity contribution in [2.24, 2.45) is 23.7 Å². The zero-order chi connectivity index (χ0) is 14.2. The highest BCUT2D eigenvalue weighted by molar-refractivity contribution is 5.93. The normalized spacial score (nSPS) is 57.2. The molecule has 3 aliphatic carbocycles. The van der Waals surface area contributed by atoms with E-state index in [1.54, 1.807) is 6.92 Å². The lowest BCUT2D eigenvalue weighted by Gasteiger charge is -2.51. The van der Waals surface area contributed by atoms with Crippen molar-refractivity contribution in [3.8, 4) is 0 Å². The van der Waals surface area contributed by atoms with Crippen molar-refractivity contribution in [2.45, 2.75) is 50.4 Å².